The first kappa shape index (κ1) is 15.7. The van der Waals surface area contributed by atoms with Crippen LogP contribution in [0.15, 0.2) is 0 Å². The molecule has 0 amide bonds. The highest BCUT2D eigenvalue weighted by Gasteiger charge is 2.26. The number of aromatic nitrogens is 2. The first-order valence-electron chi connectivity index (χ1n) is 7.89. The molecule has 0 bridgehead atoms. The van der Waals surface area contributed by atoms with Crippen LogP contribution in [-0.4, -0.2) is 29.3 Å². The molecule has 0 saturated heterocycles. The predicted molar refractivity (Wildman–Crippen MR) is 84.1 cm³/mol. The number of hydrogen-bond acceptors (Lipinski definition) is 5. The molecule has 114 valence electrons. The zero-order chi connectivity index (χ0) is 15.4. The molecule has 0 unspecified atom stereocenters. The Balaban J connectivity index is 2.33. The summed E-state index contributed by atoms with van der Waals surface area (Å²) in [6.45, 7) is 4.12. The fraction of sp³-hybridized carbons (Fsp3) is 0.688. The molecule has 1 fully saturated rings. The average Bonchev–Trinajstić information content (AvgIpc) is 2.53. The van der Waals surface area contributed by atoms with E-state index >= 15 is 0 Å². The third-order valence-corrected chi connectivity index (χ3v) is 4.56. The average molecular weight is 287 g/mol. The Morgan fingerprint density at radius 3 is 2.38 bits per heavy atom. The van der Waals surface area contributed by atoms with Gasteiger partial charge in [0.2, 0.25) is 0 Å². The van der Waals surface area contributed by atoms with Gasteiger partial charge in [-0.3, -0.25) is 0 Å². The molecule has 5 heteroatoms. The molecule has 1 heterocycles. The number of anilines is 1. The molecule has 0 aliphatic heterocycles. The molecular weight excluding hydrogens is 262 g/mol. The molecule has 0 atom stereocenters. The molecule has 0 spiro atoms. The van der Waals surface area contributed by atoms with Crippen molar-refractivity contribution in [2.75, 3.05) is 11.9 Å². The lowest BCUT2D eigenvalue weighted by molar-refractivity contribution is 0.383. The summed E-state index contributed by atoms with van der Waals surface area (Å²) in [6, 6.07) is 3.08. The molecule has 1 aromatic rings. The van der Waals surface area contributed by atoms with Gasteiger partial charge in [-0.25, -0.2) is 0 Å². The summed E-state index contributed by atoms with van der Waals surface area (Å²) >= 11 is 0. The number of nitrogens with zero attached hydrogens (tertiary/aromatic N) is 4. The van der Waals surface area contributed by atoms with E-state index in [0.717, 1.165) is 55.6 Å². The Morgan fingerprint density at radius 2 is 1.86 bits per heavy atom. The van der Waals surface area contributed by atoms with Gasteiger partial charge < -0.3 is 10.6 Å². The van der Waals surface area contributed by atoms with Crippen molar-refractivity contribution in [2.45, 2.75) is 64.5 Å². The van der Waals surface area contributed by atoms with Crippen molar-refractivity contribution in [1.29, 1.82) is 5.26 Å². The summed E-state index contributed by atoms with van der Waals surface area (Å²) in [5.41, 5.74) is 8.66. The molecular formula is C16H25N5. The Morgan fingerprint density at radius 1 is 1.19 bits per heavy atom. The maximum atomic E-state index is 9.58. The first-order valence-corrected chi connectivity index (χ1v) is 7.89. The van der Waals surface area contributed by atoms with Crippen LogP contribution in [-0.2, 0) is 12.8 Å². The monoisotopic (exact) mass is 287 g/mol. The van der Waals surface area contributed by atoms with Crippen molar-refractivity contribution in [3.05, 3.63) is 16.8 Å². The lowest BCUT2D eigenvalue weighted by Gasteiger charge is -2.34. The topological polar surface area (TPSA) is 78.8 Å². The zero-order valence-corrected chi connectivity index (χ0v) is 13.3. The largest absolute Gasteiger partial charge is 0.354 e. The Labute approximate surface area is 127 Å². The fourth-order valence-corrected chi connectivity index (χ4v) is 3.19. The molecule has 1 aliphatic rings. The van der Waals surface area contributed by atoms with E-state index in [9.17, 15) is 5.26 Å². The molecule has 1 saturated carbocycles. The van der Waals surface area contributed by atoms with Crippen LogP contribution in [0.4, 0.5) is 5.82 Å². The summed E-state index contributed by atoms with van der Waals surface area (Å²) in [6.07, 6.45) is 5.82. The SMILES string of the molecule is CCc1nnc(N(C)C2CCC(N)CC2)c(C#N)c1CC. The normalized spacial score (nSPS) is 21.9. The van der Waals surface area contributed by atoms with Crippen LogP contribution in [0.2, 0.25) is 0 Å². The molecule has 5 nitrogen and oxygen atoms in total. The second kappa shape index (κ2) is 6.86. The van der Waals surface area contributed by atoms with Crippen molar-refractivity contribution in [1.82, 2.24) is 10.2 Å². The quantitative estimate of drug-likeness (QED) is 0.918. The minimum atomic E-state index is 0.324. The maximum absolute atomic E-state index is 9.58. The van der Waals surface area contributed by atoms with Gasteiger partial charge in [0.05, 0.1) is 5.69 Å². The van der Waals surface area contributed by atoms with Crippen LogP contribution in [0.1, 0.15) is 56.4 Å². The van der Waals surface area contributed by atoms with Gasteiger partial charge in [-0.1, -0.05) is 13.8 Å². The highest BCUT2D eigenvalue weighted by atomic mass is 15.3. The van der Waals surface area contributed by atoms with Gasteiger partial charge in [-0.05, 0) is 44.1 Å². The zero-order valence-electron chi connectivity index (χ0n) is 13.3. The predicted octanol–water partition coefficient (Wildman–Crippen LogP) is 2.18. The van der Waals surface area contributed by atoms with Gasteiger partial charge in [0, 0.05) is 19.1 Å². The van der Waals surface area contributed by atoms with E-state index in [1.807, 2.05) is 7.05 Å². The van der Waals surface area contributed by atoms with Crippen molar-refractivity contribution < 1.29 is 0 Å². The maximum Gasteiger partial charge on any atom is 0.169 e. The third kappa shape index (κ3) is 3.16. The van der Waals surface area contributed by atoms with Crippen molar-refractivity contribution in [3.63, 3.8) is 0 Å². The van der Waals surface area contributed by atoms with Crippen molar-refractivity contribution >= 4 is 5.82 Å². The van der Waals surface area contributed by atoms with Gasteiger partial charge in [-0.2, -0.15) is 10.4 Å². The lowest BCUT2D eigenvalue weighted by atomic mass is 9.90. The Hall–Kier alpha value is -1.67. The van der Waals surface area contributed by atoms with E-state index in [2.05, 4.69) is 35.0 Å². The van der Waals surface area contributed by atoms with Crippen LogP contribution in [0.3, 0.4) is 0 Å². The molecule has 0 aromatic carbocycles. The van der Waals surface area contributed by atoms with Crippen LogP contribution >= 0.6 is 0 Å². The number of nitriles is 1. The third-order valence-electron chi connectivity index (χ3n) is 4.56. The number of aryl methyl sites for hydroxylation is 1. The van der Waals surface area contributed by atoms with E-state index in [-0.39, 0.29) is 0 Å². The fourth-order valence-electron chi connectivity index (χ4n) is 3.19. The Bertz CT molecular complexity index is 526. The van der Waals surface area contributed by atoms with E-state index in [1.54, 1.807) is 0 Å². The summed E-state index contributed by atoms with van der Waals surface area (Å²) in [4.78, 5) is 2.13. The minimum absolute atomic E-state index is 0.324. The van der Waals surface area contributed by atoms with Gasteiger partial charge in [0.15, 0.2) is 5.82 Å². The second-order valence-corrected chi connectivity index (χ2v) is 5.82. The van der Waals surface area contributed by atoms with Gasteiger partial charge in [-0.15, -0.1) is 5.10 Å². The van der Waals surface area contributed by atoms with E-state index < -0.39 is 0 Å². The number of hydrogen-bond donors (Lipinski definition) is 1. The number of rotatable bonds is 4. The molecule has 1 aromatic heterocycles. The summed E-state index contributed by atoms with van der Waals surface area (Å²) < 4.78 is 0. The highest BCUT2D eigenvalue weighted by molar-refractivity contribution is 5.58. The smallest absolute Gasteiger partial charge is 0.169 e. The van der Waals surface area contributed by atoms with Gasteiger partial charge >= 0.3 is 0 Å². The van der Waals surface area contributed by atoms with E-state index in [0.29, 0.717) is 17.6 Å². The minimum Gasteiger partial charge on any atom is -0.354 e. The van der Waals surface area contributed by atoms with Crippen molar-refractivity contribution in [3.8, 4) is 6.07 Å². The van der Waals surface area contributed by atoms with E-state index in [4.69, 9.17) is 5.73 Å². The Kier molecular flexibility index (Phi) is 5.13. The van der Waals surface area contributed by atoms with Crippen LogP contribution in [0, 0.1) is 11.3 Å². The summed E-state index contributed by atoms with van der Waals surface area (Å²) in [5.74, 6) is 0.729. The van der Waals surface area contributed by atoms with Gasteiger partial charge in [0.25, 0.3) is 0 Å². The first-order chi connectivity index (χ1) is 10.1. The van der Waals surface area contributed by atoms with E-state index in [1.165, 1.54) is 0 Å². The highest BCUT2D eigenvalue weighted by Crippen LogP contribution is 2.28. The molecule has 21 heavy (non-hydrogen) atoms. The standard InChI is InChI=1S/C16H25N5/c1-4-13-14(10-17)16(20-19-15(13)5-2)21(3)12-8-6-11(18)7-9-12/h11-12H,4-9,18H2,1-3H3. The van der Waals surface area contributed by atoms with Crippen LogP contribution in [0.5, 0.6) is 0 Å². The number of nitrogens with two attached hydrogens (primary N) is 1. The lowest BCUT2D eigenvalue weighted by Crippen LogP contribution is -2.39. The second-order valence-electron chi connectivity index (χ2n) is 5.82. The molecule has 0 radical (unpaired) electrons. The molecule has 2 N–H and O–H groups in total. The van der Waals surface area contributed by atoms with Crippen LogP contribution < -0.4 is 10.6 Å². The van der Waals surface area contributed by atoms with Gasteiger partial charge in [0.1, 0.15) is 11.6 Å². The summed E-state index contributed by atoms with van der Waals surface area (Å²) in [7, 11) is 2.03. The summed E-state index contributed by atoms with van der Waals surface area (Å²) in [5, 5.41) is 18.3. The van der Waals surface area contributed by atoms with Crippen molar-refractivity contribution in [2.24, 2.45) is 5.73 Å². The van der Waals surface area contributed by atoms with Crippen LogP contribution in [0.25, 0.3) is 0 Å². The molecule has 2 rings (SSSR count). The molecule has 1 aliphatic carbocycles.